The van der Waals surface area contributed by atoms with Crippen molar-refractivity contribution in [3.63, 3.8) is 0 Å². The molecule has 0 amide bonds. The molecule has 1 aliphatic carbocycles. The molecule has 22 heavy (non-hydrogen) atoms. The monoisotopic (exact) mass is 308 g/mol. The largest absolute Gasteiger partial charge is 0.502 e. The third kappa shape index (κ3) is 5.70. The van der Waals surface area contributed by atoms with Gasteiger partial charge in [0.15, 0.2) is 0 Å². The standard InChI is InChI=1S/C18H28O4/c1-5-16(19)17(6-2)22-18-11-14(12-20-7-3)9-10-15(18)13-21-8-4/h5-8,14-19H,1-4,9-13H2. The van der Waals surface area contributed by atoms with E-state index in [0.29, 0.717) is 19.1 Å². The van der Waals surface area contributed by atoms with Gasteiger partial charge >= 0.3 is 0 Å². The SMILES string of the molecule is C=COCC1CCC(COC=C)C(OC(C=C)C(O)C=C)C1. The van der Waals surface area contributed by atoms with E-state index >= 15 is 0 Å². The van der Waals surface area contributed by atoms with Crippen molar-refractivity contribution >= 4 is 0 Å². The Morgan fingerprint density at radius 1 is 1.00 bits per heavy atom. The first-order valence-electron chi connectivity index (χ1n) is 7.69. The molecule has 0 saturated heterocycles. The first-order chi connectivity index (χ1) is 10.7. The molecule has 0 aromatic rings. The number of aliphatic hydroxyl groups is 1. The fourth-order valence-electron chi connectivity index (χ4n) is 2.79. The fraction of sp³-hybridized carbons (Fsp3) is 0.556. The Morgan fingerprint density at radius 2 is 1.68 bits per heavy atom. The maximum Gasteiger partial charge on any atom is 0.105 e. The van der Waals surface area contributed by atoms with Gasteiger partial charge in [-0.1, -0.05) is 25.3 Å². The van der Waals surface area contributed by atoms with E-state index in [1.54, 1.807) is 6.08 Å². The molecule has 0 aromatic heterocycles. The Balaban J connectivity index is 2.69. The highest BCUT2D eigenvalue weighted by atomic mass is 16.5. The molecule has 4 nitrogen and oxygen atoms in total. The molecule has 0 aliphatic heterocycles. The highest BCUT2D eigenvalue weighted by Gasteiger charge is 2.34. The molecule has 0 spiro atoms. The van der Waals surface area contributed by atoms with Gasteiger partial charge in [-0.25, -0.2) is 0 Å². The third-order valence-corrected chi connectivity index (χ3v) is 4.06. The summed E-state index contributed by atoms with van der Waals surface area (Å²) in [6.45, 7) is 15.7. The van der Waals surface area contributed by atoms with E-state index in [4.69, 9.17) is 14.2 Å². The average Bonchev–Trinajstić information content (AvgIpc) is 2.55. The topological polar surface area (TPSA) is 47.9 Å². The van der Waals surface area contributed by atoms with E-state index in [0.717, 1.165) is 19.3 Å². The van der Waals surface area contributed by atoms with Crippen LogP contribution in [-0.2, 0) is 14.2 Å². The number of hydrogen-bond donors (Lipinski definition) is 1. The van der Waals surface area contributed by atoms with E-state index in [9.17, 15) is 5.11 Å². The number of aliphatic hydroxyl groups excluding tert-OH is 1. The van der Waals surface area contributed by atoms with E-state index in [-0.39, 0.29) is 12.0 Å². The summed E-state index contributed by atoms with van der Waals surface area (Å²) in [5.74, 6) is 0.673. The van der Waals surface area contributed by atoms with Gasteiger partial charge in [0.2, 0.25) is 0 Å². The highest BCUT2D eigenvalue weighted by Crippen LogP contribution is 2.33. The van der Waals surface area contributed by atoms with Crippen molar-refractivity contribution < 1.29 is 19.3 Å². The van der Waals surface area contributed by atoms with E-state index < -0.39 is 12.2 Å². The second kappa shape index (κ2) is 10.2. The lowest BCUT2D eigenvalue weighted by atomic mass is 9.80. The molecule has 1 rings (SSSR count). The maximum absolute atomic E-state index is 9.92. The van der Waals surface area contributed by atoms with Crippen molar-refractivity contribution in [3.05, 3.63) is 51.0 Å². The van der Waals surface area contributed by atoms with Crippen molar-refractivity contribution in [1.82, 2.24) is 0 Å². The van der Waals surface area contributed by atoms with Crippen LogP contribution >= 0.6 is 0 Å². The summed E-state index contributed by atoms with van der Waals surface area (Å²) < 4.78 is 16.7. The molecule has 5 unspecified atom stereocenters. The van der Waals surface area contributed by atoms with Crippen molar-refractivity contribution in [2.75, 3.05) is 13.2 Å². The van der Waals surface area contributed by atoms with Gasteiger partial charge in [0.1, 0.15) is 12.2 Å². The zero-order chi connectivity index (χ0) is 16.4. The predicted molar refractivity (Wildman–Crippen MR) is 88.2 cm³/mol. The predicted octanol–water partition coefficient (Wildman–Crippen LogP) is 3.21. The quantitative estimate of drug-likeness (QED) is 0.470. The molecule has 124 valence electrons. The molecule has 1 N–H and O–H groups in total. The van der Waals surface area contributed by atoms with Crippen LogP contribution in [0.5, 0.6) is 0 Å². The van der Waals surface area contributed by atoms with Gasteiger partial charge in [0.05, 0.1) is 31.8 Å². The summed E-state index contributed by atoms with van der Waals surface area (Å²) in [5, 5.41) is 9.92. The average molecular weight is 308 g/mol. The van der Waals surface area contributed by atoms with Gasteiger partial charge in [-0.15, -0.1) is 13.2 Å². The minimum Gasteiger partial charge on any atom is -0.502 e. The molecular weight excluding hydrogens is 280 g/mol. The molecule has 5 atom stereocenters. The smallest absolute Gasteiger partial charge is 0.105 e. The number of hydrogen-bond acceptors (Lipinski definition) is 4. The Morgan fingerprint density at radius 3 is 2.27 bits per heavy atom. The Labute approximate surface area is 133 Å². The summed E-state index contributed by atoms with van der Waals surface area (Å²) in [7, 11) is 0. The van der Waals surface area contributed by atoms with Crippen LogP contribution in [0.2, 0.25) is 0 Å². The molecule has 0 heterocycles. The van der Waals surface area contributed by atoms with Crippen molar-refractivity contribution in [2.45, 2.75) is 37.6 Å². The van der Waals surface area contributed by atoms with E-state index in [2.05, 4.69) is 26.3 Å². The van der Waals surface area contributed by atoms with Crippen molar-refractivity contribution in [2.24, 2.45) is 11.8 Å². The van der Waals surface area contributed by atoms with Crippen LogP contribution < -0.4 is 0 Å². The van der Waals surface area contributed by atoms with Crippen LogP contribution in [0.4, 0.5) is 0 Å². The molecule has 0 aromatic carbocycles. The third-order valence-electron chi connectivity index (χ3n) is 4.06. The summed E-state index contributed by atoms with van der Waals surface area (Å²) in [4.78, 5) is 0. The minimum atomic E-state index is -0.761. The molecular formula is C18H28O4. The lowest BCUT2D eigenvalue weighted by molar-refractivity contribution is -0.0972. The second-order valence-electron chi connectivity index (χ2n) is 5.54. The highest BCUT2D eigenvalue weighted by molar-refractivity contribution is 4.96. The zero-order valence-corrected chi connectivity index (χ0v) is 13.2. The maximum atomic E-state index is 9.92. The Bertz CT molecular complexity index is 366. The Hall–Kier alpha value is -1.52. The van der Waals surface area contributed by atoms with Crippen LogP contribution in [-0.4, -0.2) is 36.6 Å². The van der Waals surface area contributed by atoms with Gasteiger partial charge in [-0.2, -0.15) is 0 Å². The normalized spacial score (nSPS) is 27.2. The molecule has 4 heteroatoms. The Kier molecular flexibility index (Phi) is 8.63. The van der Waals surface area contributed by atoms with Gasteiger partial charge in [0, 0.05) is 5.92 Å². The van der Waals surface area contributed by atoms with Gasteiger partial charge in [-0.3, -0.25) is 0 Å². The second-order valence-corrected chi connectivity index (χ2v) is 5.54. The molecule has 0 radical (unpaired) electrons. The van der Waals surface area contributed by atoms with Crippen LogP contribution in [0.25, 0.3) is 0 Å². The van der Waals surface area contributed by atoms with E-state index in [1.807, 2.05) is 0 Å². The van der Waals surface area contributed by atoms with Gasteiger partial charge in [-0.05, 0) is 25.2 Å². The lowest BCUT2D eigenvalue weighted by Crippen LogP contribution is -2.40. The van der Waals surface area contributed by atoms with Crippen molar-refractivity contribution in [1.29, 1.82) is 0 Å². The molecule has 1 aliphatic rings. The fourth-order valence-corrected chi connectivity index (χ4v) is 2.79. The number of rotatable bonds is 11. The van der Waals surface area contributed by atoms with Crippen LogP contribution in [0, 0.1) is 11.8 Å². The summed E-state index contributed by atoms with van der Waals surface area (Å²) in [6.07, 6.45) is 7.64. The zero-order valence-electron chi connectivity index (χ0n) is 13.2. The van der Waals surface area contributed by atoms with Crippen LogP contribution in [0.15, 0.2) is 51.0 Å². The van der Waals surface area contributed by atoms with Crippen LogP contribution in [0.1, 0.15) is 19.3 Å². The van der Waals surface area contributed by atoms with Gasteiger partial charge < -0.3 is 19.3 Å². The van der Waals surface area contributed by atoms with Crippen molar-refractivity contribution in [3.8, 4) is 0 Å². The van der Waals surface area contributed by atoms with E-state index in [1.165, 1.54) is 18.6 Å². The molecule has 0 bridgehead atoms. The van der Waals surface area contributed by atoms with Crippen LogP contribution in [0.3, 0.4) is 0 Å². The van der Waals surface area contributed by atoms with Gasteiger partial charge in [0.25, 0.3) is 0 Å². The summed E-state index contributed by atoms with van der Waals surface area (Å²) in [5.41, 5.74) is 0. The summed E-state index contributed by atoms with van der Waals surface area (Å²) in [6, 6.07) is 0. The number of ether oxygens (including phenoxy) is 3. The minimum absolute atomic E-state index is 0.0234. The lowest BCUT2D eigenvalue weighted by Gasteiger charge is -2.37. The first-order valence-corrected chi connectivity index (χ1v) is 7.69. The molecule has 1 saturated carbocycles. The summed E-state index contributed by atoms with van der Waals surface area (Å²) >= 11 is 0. The first kappa shape index (κ1) is 18.5. The molecule has 1 fully saturated rings.